The topological polar surface area (TPSA) is 116 Å². The summed E-state index contributed by atoms with van der Waals surface area (Å²) in [4.78, 5) is 26.7. The van der Waals surface area contributed by atoms with Gasteiger partial charge in [-0.15, -0.1) is 0 Å². The van der Waals surface area contributed by atoms with E-state index in [2.05, 4.69) is 30.5 Å². The smallest absolute Gasteiger partial charge is 0.257 e. The molecule has 3 heterocycles. The second-order valence-corrected chi connectivity index (χ2v) is 7.28. The van der Waals surface area contributed by atoms with Crippen LogP contribution in [0.1, 0.15) is 21.6 Å². The number of nitrogens with one attached hydrogen (secondary N) is 3. The van der Waals surface area contributed by atoms with E-state index in [0.29, 0.717) is 45.8 Å². The molecule has 1 aliphatic heterocycles. The second-order valence-electron chi connectivity index (χ2n) is 7.28. The third-order valence-electron chi connectivity index (χ3n) is 5.14. The highest BCUT2D eigenvalue weighted by Gasteiger charge is 2.31. The maximum Gasteiger partial charge on any atom is 0.257 e. The average molecular weight is 420 g/mol. The minimum Gasteiger partial charge on any atom is -0.363 e. The van der Waals surface area contributed by atoms with Crippen LogP contribution in [-0.4, -0.2) is 38.6 Å². The van der Waals surface area contributed by atoms with E-state index in [1.54, 1.807) is 19.1 Å². The lowest BCUT2D eigenvalue weighted by Crippen LogP contribution is -2.33. The summed E-state index contributed by atoms with van der Waals surface area (Å²) in [6, 6.07) is 8.50. The van der Waals surface area contributed by atoms with Crippen LogP contribution in [0.15, 0.2) is 47.3 Å². The number of fused-ring (bicyclic) bond motifs is 2. The zero-order valence-corrected chi connectivity index (χ0v) is 16.4. The van der Waals surface area contributed by atoms with Crippen molar-refractivity contribution in [3.05, 3.63) is 65.4 Å². The highest BCUT2D eigenvalue weighted by atomic mass is 19.1. The molecule has 1 aliphatic rings. The number of aryl methyl sites for hydroxylation is 1. The predicted octanol–water partition coefficient (Wildman–Crippen LogP) is 3.34. The van der Waals surface area contributed by atoms with Crippen molar-refractivity contribution in [2.75, 3.05) is 17.2 Å². The number of aromatic nitrogens is 3. The number of carbonyl (C=O) groups excluding carboxylic acids is 2. The molecule has 31 heavy (non-hydrogen) atoms. The Morgan fingerprint density at radius 1 is 1.32 bits per heavy atom. The first kappa shape index (κ1) is 18.8. The van der Waals surface area contributed by atoms with E-state index < -0.39 is 5.82 Å². The van der Waals surface area contributed by atoms with Crippen LogP contribution in [-0.2, 0) is 11.3 Å². The molecule has 0 radical (unpaired) electrons. The fourth-order valence-electron chi connectivity index (χ4n) is 3.78. The molecule has 2 aromatic heterocycles. The van der Waals surface area contributed by atoms with Gasteiger partial charge in [0.1, 0.15) is 24.3 Å². The number of halogens is 1. The lowest BCUT2D eigenvalue weighted by molar-refractivity contribution is -0.116. The van der Waals surface area contributed by atoms with Crippen molar-refractivity contribution in [2.45, 2.75) is 13.5 Å². The largest absolute Gasteiger partial charge is 0.363 e. The summed E-state index contributed by atoms with van der Waals surface area (Å²) in [5.74, 6) is -1.05. The SMILES string of the molecule is Cc1n[nH]c2cc(Nc3cccc4c3C(=O)N(CC(=O)Nc3cnoc3)C4)cc(F)c12. The number of benzene rings is 2. The van der Waals surface area contributed by atoms with Crippen molar-refractivity contribution >= 4 is 39.8 Å². The molecule has 0 bridgehead atoms. The van der Waals surface area contributed by atoms with E-state index in [-0.39, 0.29) is 18.4 Å². The second kappa shape index (κ2) is 7.24. The Balaban J connectivity index is 1.38. The molecule has 2 aromatic carbocycles. The van der Waals surface area contributed by atoms with Gasteiger partial charge in [-0.1, -0.05) is 17.3 Å². The van der Waals surface area contributed by atoms with E-state index in [1.807, 2.05) is 12.1 Å². The third-order valence-corrected chi connectivity index (χ3v) is 5.14. The molecule has 0 aliphatic carbocycles. The van der Waals surface area contributed by atoms with Gasteiger partial charge in [-0.25, -0.2) is 4.39 Å². The number of carbonyl (C=O) groups is 2. The van der Waals surface area contributed by atoms with Crippen LogP contribution in [0, 0.1) is 12.7 Å². The van der Waals surface area contributed by atoms with E-state index in [1.165, 1.54) is 23.4 Å². The van der Waals surface area contributed by atoms with Crippen LogP contribution in [0.2, 0.25) is 0 Å². The summed E-state index contributed by atoms with van der Waals surface area (Å²) in [7, 11) is 0. The highest BCUT2D eigenvalue weighted by Crippen LogP contribution is 2.32. The number of amides is 2. The normalized spacial score (nSPS) is 13.0. The minimum absolute atomic E-state index is 0.119. The maximum absolute atomic E-state index is 14.5. The van der Waals surface area contributed by atoms with Crippen LogP contribution in [0.3, 0.4) is 0 Å². The van der Waals surface area contributed by atoms with E-state index in [9.17, 15) is 14.0 Å². The Morgan fingerprint density at radius 3 is 3.00 bits per heavy atom. The van der Waals surface area contributed by atoms with Gasteiger partial charge in [0.15, 0.2) is 0 Å². The van der Waals surface area contributed by atoms with Gasteiger partial charge in [-0.2, -0.15) is 5.10 Å². The van der Waals surface area contributed by atoms with Crippen LogP contribution < -0.4 is 10.6 Å². The Kier molecular flexibility index (Phi) is 4.39. The monoisotopic (exact) mass is 420 g/mol. The third kappa shape index (κ3) is 3.37. The summed E-state index contributed by atoms with van der Waals surface area (Å²) in [5, 5.41) is 16.5. The van der Waals surface area contributed by atoms with E-state index in [0.717, 1.165) is 5.56 Å². The molecule has 3 N–H and O–H groups in total. The fraction of sp³-hybridized carbons (Fsp3) is 0.143. The summed E-state index contributed by atoms with van der Waals surface area (Å²) >= 11 is 0. The molecule has 10 heteroatoms. The van der Waals surface area contributed by atoms with Crippen LogP contribution in [0.5, 0.6) is 0 Å². The molecule has 0 saturated heterocycles. The van der Waals surface area contributed by atoms with Crippen molar-refractivity contribution in [3.8, 4) is 0 Å². The molecule has 4 aromatic rings. The first-order valence-corrected chi connectivity index (χ1v) is 9.51. The van der Waals surface area contributed by atoms with Crippen molar-refractivity contribution in [1.29, 1.82) is 0 Å². The number of hydrogen-bond donors (Lipinski definition) is 3. The first-order chi connectivity index (χ1) is 15.0. The average Bonchev–Trinajstić information content (AvgIpc) is 3.43. The lowest BCUT2D eigenvalue weighted by Gasteiger charge is -2.15. The zero-order chi connectivity index (χ0) is 21.5. The Bertz CT molecular complexity index is 1310. The molecule has 0 atom stereocenters. The van der Waals surface area contributed by atoms with Crippen LogP contribution >= 0.6 is 0 Å². The molecule has 2 amide bonds. The number of nitrogens with zero attached hydrogens (tertiary/aromatic N) is 3. The first-order valence-electron chi connectivity index (χ1n) is 9.51. The molecule has 0 fully saturated rings. The van der Waals surface area contributed by atoms with Gasteiger partial charge in [0.25, 0.3) is 5.91 Å². The summed E-state index contributed by atoms with van der Waals surface area (Å²) in [6.45, 7) is 1.91. The van der Waals surface area contributed by atoms with Gasteiger partial charge in [-0.3, -0.25) is 14.7 Å². The van der Waals surface area contributed by atoms with Crippen molar-refractivity contribution in [1.82, 2.24) is 20.3 Å². The maximum atomic E-state index is 14.5. The zero-order valence-electron chi connectivity index (χ0n) is 16.4. The quantitative estimate of drug-likeness (QED) is 0.456. The standard InChI is InChI=1S/C21H17FN6O3/c1-11-19-15(22)5-13(6-17(19)27-26-11)24-16-4-2-3-12-8-28(21(30)20(12)16)9-18(29)25-14-7-23-31-10-14/h2-7,10,24H,8-9H2,1H3,(H,25,29)(H,26,27). The minimum atomic E-state index is -0.405. The molecule has 0 spiro atoms. The molecule has 0 saturated carbocycles. The van der Waals surface area contributed by atoms with Crippen molar-refractivity contribution < 1.29 is 18.5 Å². The molecule has 5 rings (SSSR count). The Morgan fingerprint density at radius 2 is 2.19 bits per heavy atom. The summed E-state index contributed by atoms with van der Waals surface area (Å²) < 4.78 is 19.2. The fourth-order valence-corrected chi connectivity index (χ4v) is 3.78. The van der Waals surface area contributed by atoms with Gasteiger partial charge in [0, 0.05) is 12.2 Å². The van der Waals surface area contributed by atoms with Crippen molar-refractivity contribution in [3.63, 3.8) is 0 Å². The lowest BCUT2D eigenvalue weighted by atomic mass is 10.1. The summed E-state index contributed by atoms with van der Waals surface area (Å²) in [6.07, 6.45) is 2.68. The highest BCUT2D eigenvalue weighted by molar-refractivity contribution is 6.06. The Labute approximate surface area is 175 Å². The van der Waals surface area contributed by atoms with Gasteiger partial charge in [0.05, 0.1) is 34.0 Å². The van der Waals surface area contributed by atoms with Crippen LogP contribution in [0.4, 0.5) is 21.5 Å². The van der Waals surface area contributed by atoms with E-state index >= 15 is 0 Å². The van der Waals surface area contributed by atoms with Crippen molar-refractivity contribution in [2.24, 2.45) is 0 Å². The van der Waals surface area contributed by atoms with E-state index in [4.69, 9.17) is 0 Å². The van der Waals surface area contributed by atoms with Gasteiger partial charge in [-0.05, 0) is 30.7 Å². The van der Waals surface area contributed by atoms with Crippen LogP contribution in [0.25, 0.3) is 10.9 Å². The molecular weight excluding hydrogens is 403 g/mol. The number of anilines is 3. The predicted molar refractivity (Wildman–Crippen MR) is 110 cm³/mol. The molecule has 0 unspecified atom stereocenters. The Hall–Kier alpha value is -4.21. The number of rotatable bonds is 5. The van der Waals surface area contributed by atoms with Gasteiger partial charge < -0.3 is 20.1 Å². The summed E-state index contributed by atoms with van der Waals surface area (Å²) in [5.41, 5.74) is 3.83. The molecular formula is C21H17FN6O3. The molecule has 156 valence electrons. The molecule has 9 nitrogen and oxygen atoms in total. The number of hydrogen-bond acceptors (Lipinski definition) is 6. The number of aromatic amines is 1. The van der Waals surface area contributed by atoms with Gasteiger partial charge >= 0.3 is 0 Å². The number of H-pyrrole nitrogens is 1. The van der Waals surface area contributed by atoms with Gasteiger partial charge in [0.2, 0.25) is 5.91 Å².